The van der Waals surface area contributed by atoms with E-state index in [0.717, 1.165) is 33.7 Å². The van der Waals surface area contributed by atoms with Gasteiger partial charge < -0.3 is 5.32 Å². The largest absolute Gasteiger partial charge is 0.367 e. The van der Waals surface area contributed by atoms with Crippen LogP contribution in [0.4, 0.5) is 5.82 Å². The Morgan fingerprint density at radius 1 is 1.22 bits per heavy atom. The van der Waals surface area contributed by atoms with E-state index in [-0.39, 0.29) is 5.25 Å². The molecule has 2 aromatic heterocycles. The highest BCUT2D eigenvalue weighted by molar-refractivity contribution is 7.99. The Morgan fingerprint density at radius 3 is 2.78 bits per heavy atom. The van der Waals surface area contributed by atoms with Crippen molar-refractivity contribution in [1.82, 2.24) is 14.8 Å². The highest BCUT2D eigenvalue weighted by Gasteiger charge is 2.32. The zero-order valence-electron chi connectivity index (χ0n) is 16.0. The van der Waals surface area contributed by atoms with Gasteiger partial charge in [-0.15, -0.1) is 11.8 Å². The van der Waals surface area contributed by atoms with Crippen molar-refractivity contribution in [3.8, 4) is 11.4 Å². The second-order valence-electron chi connectivity index (χ2n) is 7.16. The Kier molecular flexibility index (Phi) is 4.91. The Morgan fingerprint density at radius 2 is 2.04 bits per heavy atom. The molecule has 4 nitrogen and oxygen atoms in total. The number of nitrogens with one attached hydrogen (secondary N) is 1. The number of anilines is 1. The topological polar surface area (TPSA) is 42.7 Å². The van der Waals surface area contributed by atoms with Crippen LogP contribution >= 0.6 is 23.4 Å². The maximum Gasteiger partial charge on any atom is 0.129 e. The summed E-state index contributed by atoms with van der Waals surface area (Å²) in [5.74, 6) is 2.09. The number of nitrogens with zero attached hydrogens (tertiary/aromatic N) is 3. The van der Waals surface area contributed by atoms with E-state index in [1.54, 1.807) is 0 Å². The highest BCUT2D eigenvalue weighted by atomic mass is 35.5. The molecule has 1 aromatic carbocycles. The molecule has 6 heteroatoms. The normalized spacial score (nSPS) is 19.3. The lowest BCUT2D eigenvalue weighted by Crippen LogP contribution is -2.18. The molecule has 1 aliphatic rings. The first-order valence-corrected chi connectivity index (χ1v) is 10.5. The molecule has 2 unspecified atom stereocenters. The van der Waals surface area contributed by atoms with Gasteiger partial charge in [-0.05, 0) is 56.2 Å². The van der Waals surface area contributed by atoms with Gasteiger partial charge in [0.05, 0.1) is 10.9 Å². The van der Waals surface area contributed by atoms with Crippen molar-refractivity contribution in [2.45, 2.75) is 32.1 Å². The number of benzene rings is 1. The van der Waals surface area contributed by atoms with E-state index in [1.165, 1.54) is 16.7 Å². The molecule has 3 heterocycles. The summed E-state index contributed by atoms with van der Waals surface area (Å²) in [4.78, 5) is 4.75. The van der Waals surface area contributed by atoms with E-state index in [4.69, 9.17) is 21.7 Å². The van der Waals surface area contributed by atoms with Gasteiger partial charge in [-0.3, -0.25) is 9.67 Å². The molecule has 0 fully saturated rings. The molecule has 4 rings (SSSR count). The molecule has 0 spiro atoms. The molecule has 140 valence electrons. The van der Waals surface area contributed by atoms with Gasteiger partial charge in [-0.1, -0.05) is 23.7 Å². The van der Waals surface area contributed by atoms with Gasteiger partial charge in [0.1, 0.15) is 11.5 Å². The van der Waals surface area contributed by atoms with Crippen molar-refractivity contribution < 1.29 is 0 Å². The van der Waals surface area contributed by atoms with Gasteiger partial charge in [0.15, 0.2) is 0 Å². The number of hydrogen-bond donors (Lipinski definition) is 1. The fraction of sp³-hybridized carbons (Fsp3) is 0.333. The van der Waals surface area contributed by atoms with E-state index in [1.807, 2.05) is 60.7 Å². The van der Waals surface area contributed by atoms with Crippen molar-refractivity contribution in [2.75, 3.05) is 11.1 Å². The van der Waals surface area contributed by atoms with Crippen molar-refractivity contribution in [3.05, 3.63) is 63.8 Å². The molecule has 1 N–H and O–H groups in total. The standard InChI is InChI=1S/C21H23ClN4S/c1-12-10-15(22)8-9-16(12)20-18-19(17-7-5-6-13(2)23-17)25-26(4)21(18)24-14(3)11-27-20/h5-10,14,20,24H,11H2,1-4H3. The van der Waals surface area contributed by atoms with Gasteiger partial charge in [-0.2, -0.15) is 5.10 Å². The minimum Gasteiger partial charge on any atom is -0.367 e. The Hall–Kier alpha value is -1.98. The summed E-state index contributed by atoms with van der Waals surface area (Å²) in [6, 6.07) is 12.6. The summed E-state index contributed by atoms with van der Waals surface area (Å²) in [5, 5.41) is 9.46. The number of aryl methyl sites for hydroxylation is 3. The van der Waals surface area contributed by atoms with Gasteiger partial charge in [0.25, 0.3) is 0 Å². The predicted molar refractivity (Wildman–Crippen MR) is 115 cm³/mol. The van der Waals surface area contributed by atoms with Crippen LogP contribution in [0.15, 0.2) is 36.4 Å². The van der Waals surface area contributed by atoms with Crippen molar-refractivity contribution in [3.63, 3.8) is 0 Å². The van der Waals surface area contributed by atoms with Crippen LogP contribution < -0.4 is 5.32 Å². The van der Waals surface area contributed by atoms with Crippen LogP contribution in [-0.4, -0.2) is 26.6 Å². The third-order valence-electron chi connectivity index (χ3n) is 4.89. The van der Waals surface area contributed by atoms with Gasteiger partial charge in [0, 0.05) is 35.1 Å². The monoisotopic (exact) mass is 398 g/mol. The molecule has 3 aromatic rings. The lowest BCUT2D eigenvalue weighted by Gasteiger charge is -2.19. The summed E-state index contributed by atoms with van der Waals surface area (Å²) in [6.45, 7) is 6.36. The first-order chi connectivity index (χ1) is 12.9. The van der Waals surface area contributed by atoms with Crippen molar-refractivity contribution in [1.29, 1.82) is 0 Å². The fourth-order valence-electron chi connectivity index (χ4n) is 3.60. The van der Waals surface area contributed by atoms with Gasteiger partial charge in [-0.25, -0.2) is 0 Å². The minimum atomic E-state index is 0.181. The lowest BCUT2D eigenvalue weighted by atomic mass is 9.98. The number of thioether (sulfide) groups is 1. The first kappa shape index (κ1) is 18.4. The van der Waals surface area contributed by atoms with Gasteiger partial charge >= 0.3 is 0 Å². The molecule has 27 heavy (non-hydrogen) atoms. The van der Waals surface area contributed by atoms with Crippen LogP contribution in [0.1, 0.15) is 34.6 Å². The smallest absolute Gasteiger partial charge is 0.129 e. The van der Waals surface area contributed by atoms with Crippen molar-refractivity contribution >= 4 is 29.2 Å². The van der Waals surface area contributed by atoms with Crippen LogP contribution in [0.5, 0.6) is 0 Å². The summed E-state index contributed by atoms with van der Waals surface area (Å²) in [5.41, 5.74) is 6.55. The van der Waals surface area contributed by atoms with E-state index in [9.17, 15) is 0 Å². The molecule has 0 amide bonds. The molecule has 0 radical (unpaired) electrons. The average molecular weight is 399 g/mol. The molecule has 0 bridgehead atoms. The molecule has 1 aliphatic heterocycles. The number of halogens is 1. The van der Waals surface area contributed by atoms with E-state index in [0.29, 0.717) is 6.04 Å². The van der Waals surface area contributed by atoms with Crippen LogP contribution in [0, 0.1) is 13.8 Å². The maximum absolute atomic E-state index is 6.21. The third kappa shape index (κ3) is 3.46. The zero-order chi connectivity index (χ0) is 19.1. The molecule has 0 aliphatic carbocycles. The number of fused-ring (bicyclic) bond motifs is 1. The minimum absolute atomic E-state index is 0.181. The summed E-state index contributed by atoms with van der Waals surface area (Å²) in [7, 11) is 2.00. The van der Waals surface area contributed by atoms with Crippen molar-refractivity contribution in [2.24, 2.45) is 7.05 Å². The summed E-state index contributed by atoms with van der Waals surface area (Å²) >= 11 is 8.16. The third-order valence-corrected chi connectivity index (χ3v) is 6.64. The number of hydrogen-bond acceptors (Lipinski definition) is 4. The highest BCUT2D eigenvalue weighted by Crippen LogP contribution is 2.47. The maximum atomic E-state index is 6.21. The molecule has 0 saturated heterocycles. The summed E-state index contributed by atoms with van der Waals surface area (Å²) in [6.07, 6.45) is 0. The van der Waals surface area contributed by atoms with Crippen LogP contribution in [0.2, 0.25) is 5.02 Å². The van der Waals surface area contributed by atoms with Crippen LogP contribution in [0.3, 0.4) is 0 Å². The SMILES string of the molecule is Cc1cccc(-c2nn(C)c3c2C(c2ccc(Cl)cc2C)SCC(C)N3)n1. The predicted octanol–water partition coefficient (Wildman–Crippen LogP) is 5.39. The molecular weight excluding hydrogens is 376 g/mol. The molecular formula is C21H23ClN4S. The van der Waals surface area contributed by atoms with E-state index >= 15 is 0 Å². The summed E-state index contributed by atoms with van der Waals surface area (Å²) < 4.78 is 1.95. The Bertz CT molecular complexity index is 998. The number of aromatic nitrogens is 3. The second kappa shape index (κ2) is 7.21. The zero-order valence-corrected chi connectivity index (χ0v) is 17.5. The fourth-order valence-corrected chi connectivity index (χ4v) is 5.23. The first-order valence-electron chi connectivity index (χ1n) is 9.09. The average Bonchev–Trinajstić information content (AvgIpc) is 2.82. The number of rotatable bonds is 2. The lowest BCUT2D eigenvalue weighted by molar-refractivity contribution is 0.757. The van der Waals surface area contributed by atoms with E-state index in [2.05, 4.69) is 25.2 Å². The Balaban J connectivity index is 1.94. The van der Waals surface area contributed by atoms with Gasteiger partial charge in [0.2, 0.25) is 0 Å². The Labute approximate surface area is 169 Å². The van der Waals surface area contributed by atoms with E-state index < -0.39 is 0 Å². The number of pyridine rings is 1. The molecule has 0 saturated carbocycles. The van der Waals surface area contributed by atoms with Crippen LogP contribution in [0.25, 0.3) is 11.4 Å². The van der Waals surface area contributed by atoms with Crippen LogP contribution in [-0.2, 0) is 7.05 Å². The quantitative estimate of drug-likeness (QED) is 0.628. The molecule has 2 atom stereocenters. The second-order valence-corrected chi connectivity index (χ2v) is 8.73.